The van der Waals surface area contributed by atoms with Crippen molar-refractivity contribution in [2.75, 3.05) is 20.2 Å². The number of hydrogen-bond donors (Lipinski definition) is 1. The van der Waals surface area contributed by atoms with E-state index in [4.69, 9.17) is 4.74 Å². The highest BCUT2D eigenvalue weighted by atomic mass is 16.5. The second kappa shape index (κ2) is 6.75. The number of nitrogens with zero attached hydrogens (tertiary/aromatic N) is 6. The van der Waals surface area contributed by atoms with Crippen LogP contribution in [0.3, 0.4) is 0 Å². The van der Waals surface area contributed by atoms with E-state index >= 15 is 0 Å². The Kier molecular flexibility index (Phi) is 4.29. The fraction of sp³-hybridized carbons (Fsp3) is 0.412. The van der Waals surface area contributed by atoms with Crippen LogP contribution in [0.15, 0.2) is 37.1 Å². The molecule has 2 atom stereocenters. The molecule has 0 aliphatic carbocycles. The highest BCUT2D eigenvalue weighted by molar-refractivity contribution is 5.97. The van der Waals surface area contributed by atoms with Gasteiger partial charge in [-0.25, -0.2) is 4.98 Å². The Balaban J connectivity index is 1.52. The van der Waals surface area contributed by atoms with Gasteiger partial charge in [-0.3, -0.25) is 14.6 Å². The molecule has 0 aromatic carbocycles. The lowest BCUT2D eigenvalue weighted by Crippen LogP contribution is -2.36. The summed E-state index contributed by atoms with van der Waals surface area (Å²) >= 11 is 0. The van der Waals surface area contributed by atoms with Crippen LogP contribution >= 0.6 is 0 Å². The number of aryl methyl sites for hydroxylation is 1. The second-order valence-electron chi connectivity index (χ2n) is 6.46. The van der Waals surface area contributed by atoms with Crippen LogP contribution in [0.2, 0.25) is 0 Å². The first-order valence-electron chi connectivity index (χ1n) is 8.53. The molecular formula is C17H21N7O2. The van der Waals surface area contributed by atoms with E-state index in [1.165, 1.54) is 6.33 Å². The van der Waals surface area contributed by atoms with Gasteiger partial charge >= 0.3 is 0 Å². The Morgan fingerprint density at radius 3 is 2.96 bits per heavy atom. The van der Waals surface area contributed by atoms with Crippen LogP contribution in [-0.4, -0.2) is 66.6 Å². The third kappa shape index (κ3) is 2.90. The van der Waals surface area contributed by atoms with Gasteiger partial charge in [0.05, 0.1) is 12.3 Å². The molecule has 3 aromatic rings. The van der Waals surface area contributed by atoms with E-state index in [1.807, 2.05) is 36.1 Å². The van der Waals surface area contributed by atoms with Crippen LogP contribution < -0.4 is 0 Å². The summed E-state index contributed by atoms with van der Waals surface area (Å²) in [7, 11) is 3.61. The fourth-order valence-corrected chi connectivity index (χ4v) is 3.46. The molecule has 26 heavy (non-hydrogen) atoms. The third-order valence-corrected chi connectivity index (χ3v) is 4.78. The standard InChI is InChI=1S/C17H21N7O2/c1-22(10-14-12(5-8-26-14)15-18-11-19-21-15)17(25)13-9-20-23(2)16(13)24-6-3-4-7-24/h3-4,6-7,9,11-12,14H,5,8,10H2,1-2H3,(H,18,19,21)/t12-,14-/m1/s1. The number of ether oxygens (including phenoxy) is 1. The smallest absolute Gasteiger partial charge is 0.259 e. The molecule has 0 unspecified atom stereocenters. The van der Waals surface area contributed by atoms with Crippen molar-refractivity contribution in [2.45, 2.75) is 18.4 Å². The van der Waals surface area contributed by atoms with Gasteiger partial charge in [-0.15, -0.1) is 0 Å². The van der Waals surface area contributed by atoms with Crippen molar-refractivity contribution >= 4 is 5.91 Å². The molecule has 1 aliphatic heterocycles. The summed E-state index contributed by atoms with van der Waals surface area (Å²) in [5, 5.41) is 11.1. The molecule has 1 aliphatic rings. The van der Waals surface area contributed by atoms with E-state index in [-0.39, 0.29) is 17.9 Å². The summed E-state index contributed by atoms with van der Waals surface area (Å²) < 4.78 is 9.43. The molecule has 9 heteroatoms. The Bertz CT molecular complexity index is 869. The Morgan fingerprint density at radius 2 is 2.23 bits per heavy atom. The molecule has 4 heterocycles. The molecule has 1 saturated heterocycles. The molecule has 1 amide bonds. The molecule has 4 rings (SSSR count). The van der Waals surface area contributed by atoms with Crippen molar-refractivity contribution in [2.24, 2.45) is 7.05 Å². The van der Waals surface area contributed by atoms with E-state index in [9.17, 15) is 4.79 Å². The number of amides is 1. The maximum atomic E-state index is 13.0. The molecule has 0 saturated carbocycles. The van der Waals surface area contributed by atoms with Crippen molar-refractivity contribution in [1.82, 2.24) is 34.4 Å². The monoisotopic (exact) mass is 355 g/mol. The van der Waals surface area contributed by atoms with Crippen molar-refractivity contribution in [3.05, 3.63) is 48.4 Å². The molecule has 0 spiro atoms. The van der Waals surface area contributed by atoms with E-state index in [1.54, 1.807) is 22.8 Å². The summed E-state index contributed by atoms with van der Waals surface area (Å²) in [6, 6.07) is 3.83. The van der Waals surface area contributed by atoms with Gasteiger partial charge in [0.1, 0.15) is 23.5 Å². The number of nitrogens with one attached hydrogen (secondary N) is 1. The highest BCUT2D eigenvalue weighted by Crippen LogP contribution is 2.29. The predicted molar refractivity (Wildman–Crippen MR) is 93.0 cm³/mol. The molecule has 9 nitrogen and oxygen atoms in total. The normalized spacial score (nSPS) is 19.8. The van der Waals surface area contributed by atoms with Crippen molar-refractivity contribution < 1.29 is 9.53 Å². The van der Waals surface area contributed by atoms with Crippen molar-refractivity contribution in [3.8, 4) is 5.82 Å². The summed E-state index contributed by atoms with van der Waals surface area (Å²) in [6.45, 7) is 1.13. The molecule has 1 N–H and O–H groups in total. The summed E-state index contributed by atoms with van der Waals surface area (Å²) in [6.07, 6.45) is 7.66. The molecule has 0 bridgehead atoms. The summed E-state index contributed by atoms with van der Waals surface area (Å²) in [4.78, 5) is 18.9. The third-order valence-electron chi connectivity index (χ3n) is 4.78. The molecular weight excluding hydrogens is 334 g/mol. The van der Waals surface area contributed by atoms with Gasteiger partial charge in [0.15, 0.2) is 0 Å². The first-order valence-corrected chi connectivity index (χ1v) is 8.53. The van der Waals surface area contributed by atoms with Crippen LogP contribution in [0, 0.1) is 0 Å². The second-order valence-corrected chi connectivity index (χ2v) is 6.46. The minimum Gasteiger partial charge on any atom is -0.376 e. The minimum absolute atomic E-state index is 0.0892. The van der Waals surface area contributed by atoms with Crippen molar-refractivity contribution in [1.29, 1.82) is 0 Å². The Morgan fingerprint density at radius 1 is 1.42 bits per heavy atom. The lowest BCUT2D eigenvalue weighted by Gasteiger charge is -2.24. The van der Waals surface area contributed by atoms with Gasteiger partial charge < -0.3 is 14.2 Å². The predicted octanol–water partition coefficient (Wildman–Crippen LogP) is 0.974. The van der Waals surface area contributed by atoms with Gasteiger partial charge in [0.25, 0.3) is 5.91 Å². The maximum Gasteiger partial charge on any atom is 0.259 e. The van der Waals surface area contributed by atoms with E-state index in [0.717, 1.165) is 18.1 Å². The number of hydrogen-bond acceptors (Lipinski definition) is 5. The topological polar surface area (TPSA) is 93.9 Å². The lowest BCUT2D eigenvalue weighted by molar-refractivity contribution is 0.0550. The Labute approximate surface area is 150 Å². The number of aromatic amines is 1. The van der Waals surface area contributed by atoms with Gasteiger partial charge in [0.2, 0.25) is 0 Å². The van der Waals surface area contributed by atoms with Gasteiger partial charge in [-0.1, -0.05) is 0 Å². The number of aromatic nitrogens is 6. The van der Waals surface area contributed by atoms with E-state index in [0.29, 0.717) is 18.7 Å². The minimum atomic E-state index is -0.108. The molecule has 3 aromatic heterocycles. The number of carbonyl (C=O) groups excluding carboxylic acids is 1. The summed E-state index contributed by atoms with van der Waals surface area (Å²) in [5.41, 5.74) is 0.556. The van der Waals surface area contributed by atoms with Gasteiger partial charge in [-0.05, 0) is 18.6 Å². The molecule has 136 valence electrons. The molecule has 1 fully saturated rings. The number of H-pyrrole nitrogens is 1. The average Bonchev–Trinajstić information content (AvgIpc) is 3.40. The van der Waals surface area contributed by atoms with Crippen LogP contribution in [0.25, 0.3) is 5.82 Å². The largest absolute Gasteiger partial charge is 0.376 e. The Hall–Kier alpha value is -2.94. The lowest BCUT2D eigenvalue weighted by atomic mass is 10.0. The van der Waals surface area contributed by atoms with Crippen LogP contribution in [0.1, 0.15) is 28.5 Å². The van der Waals surface area contributed by atoms with Crippen molar-refractivity contribution in [3.63, 3.8) is 0 Å². The first kappa shape index (κ1) is 16.5. The van der Waals surface area contributed by atoms with Gasteiger partial charge in [0, 0.05) is 45.6 Å². The van der Waals surface area contributed by atoms with Crippen LogP contribution in [-0.2, 0) is 11.8 Å². The zero-order valence-corrected chi connectivity index (χ0v) is 14.7. The molecule has 0 radical (unpaired) electrons. The first-order chi connectivity index (χ1) is 12.6. The zero-order valence-electron chi connectivity index (χ0n) is 14.7. The highest BCUT2D eigenvalue weighted by Gasteiger charge is 2.34. The van der Waals surface area contributed by atoms with E-state index < -0.39 is 0 Å². The quantitative estimate of drug-likeness (QED) is 0.736. The van der Waals surface area contributed by atoms with E-state index in [2.05, 4.69) is 20.3 Å². The number of carbonyl (C=O) groups is 1. The number of rotatable bonds is 5. The SMILES string of the molecule is CN(C[C@H]1OCC[C@H]1c1ncn[nH]1)C(=O)c1cnn(C)c1-n1cccc1. The van der Waals surface area contributed by atoms with Gasteiger partial charge in [-0.2, -0.15) is 10.2 Å². The summed E-state index contributed by atoms with van der Waals surface area (Å²) in [5.74, 6) is 1.58. The van der Waals surface area contributed by atoms with Crippen LogP contribution in [0.5, 0.6) is 0 Å². The zero-order chi connectivity index (χ0) is 18.1. The van der Waals surface area contributed by atoms with Crippen LogP contribution in [0.4, 0.5) is 0 Å². The average molecular weight is 355 g/mol. The fourth-order valence-electron chi connectivity index (χ4n) is 3.46. The number of likely N-dealkylation sites (N-methyl/N-ethyl adjacent to an activating group) is 1. The maximum absolute atomic E-state index is 13.0.